The minimum Gasteiger partial charge on any atom is -0.457 e. The average Bonchev–Trinajstić information content (AvgIpc) is 3.30. The Hall–Kier alpha value is -3.15. The van der Waals surface area contributed by atoms with Gasteiger partial charge in [-0.05, 0) is 96.3 Å². The number of carbonyl (C=O) groups is 1. The molecule has 1 aliphatic heterocycles. The largest absolute Gasteiger partial charge is 0.457 e. The molecule has 1 rings (SSSR count). The molecule has 1 heterocycles. The van der Waals surface area contributed by atoms with Crippen LogP contribution >= 0.6 is 0 Å². The monoisotopic (exact) mass is 895 g/mol. The quantitative estimate of drug-likeness (QED) is 0.0269. The lowest BCUT2D eigenvalue weighted by molar-refractivity contribution is -0.305. The molecule has 9 nitrogen and oxygen atoms in total. The highest BCUT2D eigenvalue weighted by Crippen LogP contribution is 2.22. The summed E-state index contributed by atoms with van der Waals surface area (Å²) in [5, 5.41) is 40.2. The number of rotatable bonds is 41. The summed E-state index contributed by atoms with van der Waals surface area (Å²) < 4.78 is 22.8. The second kappa shape index (κ2) is 45.0. The lowest BCUT2D eigenvalue weighted by Gasteiger charge is -2.39. The molecule has 1 aliphatic rings. The molecule has 0 aromatic rings. The maximum absolute atomic E-state index is 12.8. The maximum atomic E-state index is 12.8. The van der Waals surface area contributed by atoms with Gasteiger partial charge in [-0.1, -0.05) is 175 Å². The summed E-state index contributed by atoms with van der Waals surface area (Å²) in [4.78, 5) is 12.8. The van der Waals surface area contributed by atoms with Gasteiger partial charge in [-0.2, -0.15) is 0 Å². The van der Waals surface area contributed by atoms with Crippen molar-refractivity contribution < 1.29 is 44.2 Å². The van der Waals surface area contributed by atoms with Crippen LogP contribution in [0.5, 0.6) is 0 Å². The van der Waals surface area contributed by atoms with Gasteiger partial charge in [0, 0.05) is 13.0 Å². The van der Waals surface area contributed by atoms with E-state index in [0.29, 0.717) is 13.0 Å². The Balaban J connectivity index is 2.24. The summed E-state index contributed by atoms with van der Waals surface area (Å²) in [6, 6.07) is 0. The molecule has 0 saturated carbocycles. The van der Waals surface area contributed by atoms with Crippen molar-refractivity contribution in [3.8, 4) is 0 Å². The molecule has 0 amide bonds. The molecule has 0 radical (unpaired) electrons. The zero-order valence-electron chi connectivity index (χ0n) is 40.0. The number of hydrogen-bond acceptors (Lipinski definition) is 9. The summed E-state index contributed by atoms with van der Waals surface area (Å²) in [6.07, 6.45) is 56.9. The standard InChI is InChI=1S/C55H90O9/c1-3-5-7-9-11-13-15-17-19-21-22-23-24-25-26-27-28-29-30-32-34-36-38-40-42-44-51(57)63-49(48-62-55-54(60)53(59)52(58)50(46-56)64-55)47-61-45-43-41-39-37-35-33-31-20-18-16-14-12-10-8-6-4-2/h5-8,11-14,17-20,22-23,25-26,33,35,49-50,52-56,58-60H,3-4,9-10,15-16,21,24,27-32,34,36-48H2,1-2H3/b7-5-,8-6-,13-11-,14-12-,19-17-,20-18-,23-22-,26-25-,35-33-. The highest BCUT2D eigenvalue weighted by Gasteiger charge is 2.44. The molecule has 0 spiro atoms. The van der Waals surface area contributed by atoms with Crippen LogP contribution in [0.2, 0.25) is 0 Å². The number of aliphatic hydroxyl groups is 4. The van der Waals surface area contributed by atoms with Crippen LogP contribution in [0.3, 0.4) is 0 Å². The number of allylic oxidation sites excluding steroid dienone is 18. The molecule has 1 fully saturated rings. The molecule has 364 valence electrons. The van der Waals surface area contributed by atoms with Gasteiger partial charge in [-0.15, -0.1) is 0 Å². The third-order valence-electron chi connectivity index (χ3n) is 10.7. The van der Waals surface area contributed by atoms with Crippen molar-refractivity contribution in [2.24, 2.45) is 0 Å². The van der Waals surface area contributed by atoms with Crippen molar-refractivity contribution in [2.75, 3.05) is 26.4 Å². The molecule has 0 aromatic carbocycles. The van der Waals surface area contributed by atoms with Gasteiger partial charge in [0.25, 0.3) is 0 Å². The molecule has 0 bridgehead atoms. The van der Waals surface area contributed by atoms with E-state index in [9.17, 15) is 25.2 Å². The summed E-state index contributed by atoms with van der Waals surface area (Å²) in [5.41, 5.74) is 0. The number of aliphatic hydroxyl groups excluding tert-OH is 4. The number of hydrogen-bond donors (Lipinski definition) is 4. The zero-order chi connectivity index (χ0) is 46.4. The minimum absolute atomic E-state index is 0.113. The van der Waals surface area contributed by atoms with Crippen molar-refractivity contribution in [1.82, 2.24) is 0 Å². The van der Waals surface area contributed by atoms with Crippen molar-refractivity contribution in [3.63, 3.8) is 0 Å². The Labute approximate surface area is 389 Å². The van der Waals surface area contributed by atoms with Crippen LogP contribution in [0.15, 0.2) is 109 Å². The fourth-order valence-electron chi connectivity index (χ4n) is 6.86. The molecular formula is C55H90O9. The van der Waals surface area contributed by atoms with Crippen molar-refractivity contribution in [1.29, 1.82) is 0 Å². The van der Waals surface area contributed by atoms with Gasteiger partial charge in [0.2, 0.25) is 0 Å². The fraction of sp³-hybridized carbons (Fsp3) is 0.655. The van der Waals surface area contributed by atoms with Gasteiger partial charge >= 0.3 is 5.97 Å². The first kappa shape index (κ1) is 58.9. The number of esters is 1. The van der Waals surface area contributed by atoms with Crippen LogP contribution in [-0.2, 0) is 23.7 Å². The van der Waals surface area contributed by atoms with Gasteiger partial charge in [-0.25, -0.2) is 0 Å². The van der Waals surface area contributed by atoms with Crippen LogP contribution in [0.4, 0.5) is 0 Å². The maximum Gasteiger partial charge on any atom is 0.306 e. The van der Waals surface area contributed by atoms with E-state index in [0.717, 1.165) is 116 Å². The van der Waals surface area contributed by atoms with Gasteiger partial charge in [0.1, 0.15) is 30.5 Å². The summed E-state index contributed by atoms with van der Waals surface area (Å²) >= 11 is 0. The highest BCUT2D eigenvalue weighted by atomic mass is 16.7. The summed E-state index contributed by atoms with van der Waals surface area (Å²) in [5.74, 6) is -0.337. The van der Waals surface area contributed by atoms with Crippen LogP contribution < -0.4 is 0 Å². The predicted molar refractivity (Wildman–Crippen MR) is 265 cm³/mol. The molecule has 6 atom stereocenters. The first-order chi connectivity index (χ1) is 31.4. The van der Waals surface area contributed by atoms with Gasteiger partial charge in [0.05, 0.1) is 19.8 Å². The molecule has 64 heavy (non-hydrogen) atoms. The molecule has 9 heteroatoms. The normalized spacial score (nSPS) is 20.5. The van der Waals surface area contributed by atoms with E-state index in [1.165, 1.54) is 32.1 Å². The molecule has 0 aromatic heterocycles. The van der Waals surface area contributed by atoms with Crippen LogP contribution in [-0.4, -0.2) is 89.6 Å². The summed E-state index contributed by atoms with van der Waals surface area (Å²) in [6.45, 7) is 4.23. The SMILES string of the molecule is CC/C=C\C/C=C\C/C=C\C/C=C\C/C=C\CCCCCCCCCCCC(=O)OC(COCCCCC/C=C\C/C=C\C/C=C\C/C=C\CC)COC1OC(CO)C(O)C(O)C1O. The first-order valence-electron chi connectivity index (χ1n) is 25.0. The Kier molecular flexibility index (Phi) is 41.4. The lowest BCUT2D eigenvalue weighted by Crippen LogP contribution is -2.59. The van der Waals surface area contributed by atoms with E-state index in [1.54, 1.807) is 0 Å². The van der Waals surface area contributed by atoms with Crippen molar-refractivity contribution >= 4 is 5.97 Å². The van der Waals surface area contributed by atoms with Crippen LogP contribution in [0, 0.1) is 0 Å². The second-order valence-corrected chi connectivity index (χ2v) is 16.5. The van der Waals surface area contributed by atoms with E-state index >= 15 is 0 Å². The van der Waals surface area contributed by atoms with Gasteiger partial charge in [-0.3, -0.25) is 4.79 Å². The van der Waals surface area contributed by atoms with E-state index in [1.807, 2.05) is 0 Å². The van der Waals surface area contributed by atoms with Gasteiger partial charge < -0.3 is 39.4 Å². The zero-order valence-corrected chi connectivity index (χ0v) is 40.0. The molecule has 6 unspecified atom stereocenters. The Bertz CT molecular complexity index is 1340. The topological polar surface area (TPSA) is 135 Å². The Morgan fingerprint density at radius 3 is 1.36 bits per heavy atom. The third kappa shape index (κ3) is 35.2. The second-order valence-electron chi connectivity index (χ2n) is 16.5. The smallest absolute Gasteiger partial charge is 0.306 e. The molecular weight excluding hydrogens is 805 g/mol. The van der Waals surface area contributed by atoms with Gasteiger partial charge in [0.15, 0.2) is 6.29 Å². The lowest BCUT2D eigenvalue weighted by atomic mass is 9.99. The number of ether oxygens (including phenoxy) is 4. The fourth-order valence-corrected chi connectivity index (χ4v) is 6.86. The predicted octanol–water partition coefficient (Wildman–Crippen LogP) is 12.1. The van der Waals surface area contributed by atoms with E-state index in [-0.39, 0.29) is 19.2 Å². The minimum atomic E-state index is -1.55. The third-order valence-corrected chi connectivity index (χ3v) is 10.7. The van der Waals surface area contributed by atoms with Crippen LogP contribution in [0.25, 0.3) is 0 Å². The molecule has 4 N–H and O–H groups in total. The summed E-state index contributed by atoms with van der Waals surface area (Å²) in [7, 11) is 0. The number of carbonyl (C=O) groups excluding carboxylic acids is 1. The molecule has 0 aliphatic carbocycles. The van der Waals surface area contributed by atoms with Crippen LogP contribution in [0.1, 0.15) is 168 Å². The Morgan fingerprint density at radius 2 is 0.906 bits per heavy atom. The van der Waals surface area contributed by atoms with E-state index in [4.69, 9.17) is 18.9 Å². The highest BCUT2D eigenvalue weighted by molar-refractivity contribution is 5.69. The van der Waals surface area contributed by atoms with Crippen molar-refractivity contribution in [3.05, 3.63) is 109 Å². The molecule has 1 saturated heterocycles. The first-order valence-corrected chi connectivity index (χ1v) is 25.0. The van der Waals surface area contributed by atoms with Crippen molar-refractivity contribution in [2.45, 2.75) is 205 Å². The number of unbranched alkanes of at least 4 members (excludes halogenated alkanes) is 12. The van der Waals surface area contributed by atoms with E-state index < -0.39 is 43.4 Å². The average molecular weight is 895 g/mol. The Morgan fingerprint density at radius 1 is 0.500 bits per heavy atom. The van der Waals surface area contributed by atoms with E-state index in [2.05, 4.69) is 123 Å².